The van der Waals surface area contributed by atoms with Gasteiger partial charge < -0.3 is 15.8 Å². The molecular formula is C8H14N4O2S. The van der Waals surface area contributed by atoms with Gasteiger partial charge in [0.25, 0.3) is 0 Å². The molecule has 0 radical (unpaired) electrons. The first-order chi connectivity index (χ1) is 7.13. The molecule has 0 fully saturated rings. The van der Waals surface area contributed by atoms with Crippen LogP contribution in [0.2, 0.25) is 0 Å². The number of hydrogen-bond acceptors (Lipinski definition) is 6. The van der Waals surface area contributed by atoms with Gasteiger partial charge in [0.15, 0.2) is 0 Å². The number of carbonyl (C=O) groups excluding carboxylic acids is 1. The molecule has 0 aliphatic carbocycles. The first-order valence-corrected chi connectivity index (χ1v) is 5.41. The Morgan fingerprint density at radius 1 is 1.67 bits per heavy atom. The number of rotatable bonds is 5. The first kappa shape index (κ1) is 11.9. The minimum absolute atomic E-state index is 0.0646. The zero-order valence-electron chi connectivity index (χ0n) is 8.69. The Morgan fingerprint density at radius 3 is 2.93 bits per heavy atom. The molecular weight excluding hydrogens is 216 g/mol. The molecule has 15 heavy (non-hydrogen) atoms. The summed E-state index contributed by atoms with van der Waals surface area (Å²) in [5.74, 6) is -0.168. The van der Waals surface area contributed by atoms with E-state index in [1.807, 2.05) is 13.8 Å². The van der Waals surface area contributed by atoms with Crippen LogP contribution in [0, 0.1) is 0 Å². The third kappa shape index (κ3) is 3.80. The van der Waals surface area contributed by atoms with Gasteiger partial charge in [-0.25, -0.2) is 0 Å². The van der Waals surface area contributed by atoms with Crippen molar-refractivity contribution in [2.45, 2.75) is 19.9 Å². The Labute approximate surface area is 91.8 Å². The van der Waals surface area contributed by atoms with E-state index >= 15 is 0 Å². The first-order valence-electron chi connectivity index (χ1n) is 4.59. The fraction of sp³-hybridized carbons (Fsp3) is 0.625. The minimum Gasteiger partial charge on any atom is -0.374 e. The fourth-order valence-corrected chi connectivity index (χ4v) is 1.57. The maximum Gasteiger partial charge on any atom is 0.246 e. The summed E-state index contributed by atoms with van der Waals surface area (Å²) in [6, 6.07) is -0.187. The van der Waals surface area contributed by atoms with Gasteiger partial charge in [0.05, 0.1) is 6.04 Å². The molecule has 0 saturated carbocycles. The van der Waals surface area contributed by atoms with Gasteiger partial charge in [0, 0.05) is 6.61 Å². The highest BCUT2D eigenvalue weighted by Gasteiger charge is 2.13. The van der Waals surface area contributed by atoms with Gasteiger partial charge >= 0.3 is 0 Å². The molecule has 1 heterocycles. The van der Waals surface area contributed by atoms with Crippen LogP contribution in [0.4, 0.5) is 5.13 Å². The third-order valence-electron chi connectivity index (χ3n) is 1.64. The van der Waals surface area contributed by atoms with Gasteiger partial charge in [-0.3, -0.25) is 4.79 Å². The molecule has 0 saturated heterocycles. The lowest BCUT2D eigenvalue weighted by atomic mass is 10.3. The molecule has 3 N–H and O–H groups in total. The normalized spacial score (nSPS) is 12.4. The number of amides is 1. The van der Waals surface area contributed by atoms with E-state index in [0.29, 0.717) is 16.7 Å². The van der Waals surface area contributed by atoms with Crippen LogP contribution in [0.1, 0.15) is 24.9 Å². The second kappa shape index (κ2) is 5.62. The second-order valence-electron chi connectivity index (χ2n) is 2.90. The molecule has 1 atom stereocenters. The van der Waals surface area contributed by atoms with Gasteiger partial charge in [-0.15, -0.1) is 10.2 Å². The Hall–Kier alpha value is -1.21. The maximum atomic E-state index is 11.3. The number of hydrogen-bond donors (Lipinski definition) is 2. The van der Waals surface area contributed by atoms with Crippen LogP contribution >= 0.6 is 11.3 Å². The molecule has 1 rings (SSSR count). The molecule has 6 nitrogen and oxygen atoms in total. The van der Waals surface area contributed by atoms with Gasteiger partial charge in [-0.1, -0.05) is 11.3 Å². The predicted molar refractivity (Wildman–Crippen MR) is 57.4 cm³/mol. The van der Waals surface area contributed by atoms with E-state index < -0.39 is 0 Å². The van der Waals surface area contributed by atoms with Crippen molar-refractivity contribution in [3.63, 3.8) is 0 Å². The molecule has 0 spiro atoms. The molecule has 7 heteroatoms. The zero-order chi connectivity index (χ0) is 11.3. The summed E-state index contributed by atoms with van der Waals surface area (Å²) in [6.07, 6.45) is 0. The number of ether oxygens (including phenoxy) is 1. The number of carbonyl (C=O) groups is 1. The van der Waals surface area contributed by atoms with Gasteiger partial charge in [-0.05, 0) is 13.8 Å². The maximum absolute atomic E-state index is 11.3. The van der Waals surface area contributed by atoms with Crippen molar-refractivity contribution >= 4 is 22.4 Å². The van der Waals surface area contributed by atoms with E-state index in [1.54, 1.807) is 0 Å². The van der Waals surface area contributed by atoms with Crippen molar-refractivity contribution in [3.05, 3.63) is 5.01 Å². The summed E-state index contributed by atoms with van der Waals surface area (Å²) >= 11 is 1.26. The Balaban J connectivity index is 2.41. The van der Waals surface area contributed by atoms with Crippen LogP contribution in [0.3, 0.4) is 0 Å². The highest BCUT2D eigenvalue weighted by molar-refractivity contribution is 7.15. The van der Waals surface area contributed by atoms with Gasteiger partial charge in [-0.2, -0.15) is 0 Å². The van der Waals surface area contributed by atoms with Crippen LogP contribution in [-0.2, 0) is 9.53 Å². The number of anilines is 1. The lowest BCUT2D eigenvalue weighted by Crippen LogP contribution is -2.30. The van der Waals surface area contributed by atoms with Crippen molar-refractivity contribution in [1.29, 1.82) is 0 Å². The molecule has 0 bridgehead atoms. The van der Waals surface area contributed by atoms with Crippen LogP contribution in [-0.4, -0.2) is 29.3 Å². The number of nitrogen functional groups attached to an aromatic ring is 1. The van der Waals surface area contributed by atoms with E-state index in [1.165, 1.54) is 11.3 Å². The summed E-state index contributed by atoms with van der Waals surface area (Å²) in [4.78, 5) is 11.3. The molecule has 1 aromatic rings. The number of aromatic nitrogens is 2. The molecule has 0 aromatic carbocycles. The highest BCUT2D eigenvalue weighted by Crippen LogP contribution is 2.18. The van der Waals surface area contributed by atoms with E-state index in [4.69, 9.17) is 10.5 Å². The van der Waals surface area contributed by atoms with Gasteiger partial charge in [0.2, 0.25) is 11.0 Å². The molecule has 1 unspecified atom stereocenters. The van der Waals surface area contributed by atoms with E-state index in [2.05, 4.69) is 15.5 Å². The van der Waals surface area contributed by atoms with E-state index in [0.717, 1.165) is 0 Å². The second-order valence-corrected chi connectivity index (χ2v) is 3.95. The molecule has 1 amide bonds. The number of nitrogens with two attached hydrogens (primary N) is 1. The summed E-state index contributed by atoms with van der Waals surface area (Å²) in [6.45, 7) is 4.24. The summed E-state index contributed by atoms with van der Waals surface area (Å²) in [5.41, 5.74) is 5.43. The Kier molecular flexibility index (Phi) is 4.44. The summed E-state index contributed by atoms with van der Waals surface area (Å²) in [7, 11) is 0. The van der Waals surface area contributed by atoms with Crippen molar-refractivity contribution in [3.8, 4) is 0 Å². The quantitative estimate of drug-likeness (QED) is 0.761. The number of nitrogens with one attached hydrogen (secondary N) is 1. The Morgan fingerprint density at radius 2 is 2.40 bits per heavy atom. The van der Waals surface area contributed by atoms with Crippen LogP contribution in [0.15, 0.2) is 0 Å². The largest absolute Gasteiger partial charge is 0.374 e. The molecule has 0 aliphatic rings. The Bertz CT molecular complexity index is 328. The lowest BCUT2D eigenvalue weighted by molar-refractivity contribution is -0.126. The van der Waals surface area contributed by atoms with E-state index in [9.17, 15) is 4.79 Å². The van der Waals surface area contributed by atoms with Crippen LogP contribution < -0.4 is 11.1 Å². The summed E-state index contributed by atoms with van der Waals surface area (Å²) < 4.78 is 4.97. The van der Waals surface area contributed by atoms with E-state index in [-0.39, 0.29) is 18.6 Å². The molecule has 84 valence electrons. The van der Waals surface area contributed by atoms with Crippen molar-refractivity contribution in [2.24, 2.45) is 0 Å². The monoisotopic (exact) mass is 230 g/mol. The molecule has 1 aromatic heterocycles. The van der Waals surface area contributed by atoms with Crippen molar-refractivity contribution in [2.75, 3.05) is 18.9 Å². The average Bonchev–Trinajstić information content (AvgIpc) is 2.61. The number of nitrogens with zero attached hydrogens (tertiary/aromatic N) is 2. The third-order valence-corrected chi connectivity index (χ3v) is 2.58. The van der Waals surface area contributed by atoms with Gasteiger partial charge in [0.1, 0.15) is 11.6 Å². The highest BCUT2D eigenvalue weighted by atomic mass is 32.1. The standard InChI is InChI=1S/C8H14N4O2S/c1-3-14-4-6(13)10-5(2)7-11-12-8(9)15-7/h5H,3-4H2,1-2H3,(H2,9,12)(H,10,13). The fourth-order valence-electron chi connectivity index (χ4n) is 0.961. The lowest BCUT2D eigenvalue weighted by Gasteiger charge is -2.09. The van der Waals surface area contributed by atoms with Crippen molar-refractivity contribution < 1.29 is 9.53 Å². The van der Waals surface area contributed by atoms with Crippen molar-refractivity contribution in [1.82, 2.24) is 15.5 Å². The predicted octanol–water partition coefficient (Wildman–Crippen LogP) is 0.334. The zero-order valence-corrected chi connectivity index (χ0v) is 9.50. The topological polar surface area (TPSA) is 90.1 Å². The van der Waals surface area contributed by atoms with Crippen LogP contribution in [0.5, 0.6) is 0 Å². The van der Waals surface area contributed by atoms with Crippen LogP contribution in [0.25, 0.3) is 0 Å². The molecule has 0 aliphatic heterocycles. The minimum atomic E-state index is -0.187. The average molecular weight is 230 g/mol. The summed E-state index contributed by atoms with van der Waals surface area (Å²) in [5, 5.41) is 11.3. The smallest absolute Gasteiger partial charge is 0.246 e. The SMILES string of the molecule is CCOCC(=O)NC(C)c1nnc(N)s1.